The number of amides is 1. The standard InChI is InChI=1S/C21H23F2N3O3/c1-19(2,3)29-18(28)26-11-14-15(21(22,23)12-26)24-17(25-16(14)27)20(9-10-20)13-7-5-4-6-8-13/h4-8H,9-12H2,1-3H3,(H,24,25,27). The predicted octanol–water partition coefficient (Wildman–Crippen LogP) is 3.69. The molecule has 2 aliphatic rings. The molecule has 8 heteroatoms. The Hall–Kier alpha value is -2.77. The number of hydrogen-bond donors (Lipinski definition) is 1. The maximum Gasteiger partial charge on any atom is 0.410 e. The van der Waals surface area contributed by atoms with Crippen LogP contribution < -0.4 is 5.56 Å². The number of carbonyl (C=O) groups is 1. The highest BCUT2D eigenvalue weighted by Crippen LogP contribution is 2.52. The number of aromatic amines is 1. The number of halogens is 2. The molecule has 6 nitrogen and oxygen atoms in total. The van der Waals surface area contributed by atoms with E-state index in [2.05, 4.69) is 9.97 Å². The van der Waals surface area contributed by atoms with Crippen LogP contribution in [0.25, 0.3) is 0 Å². The van der Waals surface area contributed by atoms with Gasteiger partial charge >= 0.3 is 12.0 Å². The molecule has 0 spiro atoms. The zero-order chi connectivity index (χ0) is 21.0. The molecule has 0 unspecified atom stereocenters. The number of nitrogens with zero attached hydrogens (tertiary/aromatic N) is 2. The van der Waals surface area contributed by atoms with Crippen LogP contribution in [-0.4, -0.2) is 33.1 Å². The Morgan fingerprint density at radius 1 is 1.21 bits per heavy atom. The lowest BCUT2D eigenvalue weighted by Gasteiger charge is -2.34. The fraction of sp³-hybridized carbons (Fsp3) is 0.476. The molecule has 1 aliphatic carbocycles. The molecule has 1 aromatic carbocycles. The van der Waals surface area contributed by atoms with Crippen molar-refractivity contribution < 1.29 is 18.3 Å². The number of nitrogens with one attached hydrogen (secondary N) is 1. The summed E-state index contributed by atoms with van der Waals surface area (Å²) in [5, 5.41) is 0. The molecule has 0 radical (unpaired) electrons. The maximum atomic E-state index is 14.9. The van der Waals surface area contributed by atoms with E-state index in [9.17, 15) is 18.4 Å². The zero-order valence-electron chi connectivity index (χ0n) is 16.6. The third-order valence-electron chi connectivity index (χ3n) is 5.28. The van der Waals surface area contributed by atoms with Gasteiger partial charge < -0.3 is 9.72 Å². The van der Waals surface area contributed by atoms with E-state index in [1.807, 2.05) is 30.3 Å². The van der Waals surface area contributed by atoms with Crippen molar-refractivity contribution in [3.8, 4) is 0 Å². The van der Waals surface area contributed by atoms with E-state index in [-0.39, 0.29) is 17.9 Å². The van der Waals surface area contributed by atoms with Crippen molar-refractivity contribution in [1.29, 1.82) is 0 Å². The number of alkyl halides is 2. The number of benzene rings is 1. The van der Waals surface area contributed by atoms with Crippen molar-refractivity contribution in [3.63, 3.8) is 0 Å². The van der Waals surface area contributed by atoms with E-state index >= 15 is 0 Å². The molecule has 154 valence electrons. The fourth-order valence-electron chi connectivity index (χ4n) is 3.73. The highest BCUT2D eigenvalue weighted by molar-refractivity contribution is 5.68. The molecule has 1 N–H and O–H groups in total. The highest BCUT2D eigenvalue weighted by atomic mass is 19.3. The summed E-state index contributed by atoms with van der Waals surface area (Å²) in [6, 6.07) is 9.45. The third kappa shape index (κ3) is 3.52. The molecular weight excluding hydrogens is 380 g/mol. The summed E-state index contributed by atoms with van der Waals surface area (Å²) in [5.74, 6) is -3.18. The van der Waals surface area contributed by atoms with Gasteiger partial charge in [-0.2, -0.15) is 8.78 Å². The highest BCUT2D eigenvalue weighted by Gasteiger charge is 2.51. The van der Waals surface area contributed by atoms with Crippen LogP contribution in [0.3, 0.4) is 0 Å². The summed E-state index contributed by atoms with van der Waals surface area (Å²) in [5.41, 5.74) is -1.79. The van der Waals surface area contributed by atoms with Crippen LogP contribution in [0, 0.1) is 0 Å². The Labute approximate surface area is 166 Å². The summed E-state index contributed by atoms with van der Waals surface area (Å²) < 4.78 is 35.1. The molecule has 1 fully saturated rings. The van der Waals surface area contributed by atoms with Crippen molar-refractivity contribution >= 4 is 6.09 Å². The quantitative estimate of drug-likeness (QED) is 0.830. The first-order valence-electron chi connectivity index (χ1n) is 9.57. The van der Waals surface area contributed by atoms with Crippen molar-refractivity contribution in [2.45, 2.75) is 57.1 Å². The van der Waals surface area contributed by atoms with Crippen LogP contribution in [0.2, 0.25) is 0 Å². The van der Waals surface area contributed by atoms with Gasteiger partial charge in [0.15, 0.2) is 0 Å². The Kier molecular flexibility index (Phi) is 4.29. The number of fused-ring (bicyclic) bond motifs is 1. The van der Waals surface area contributed by atoms with Gasteiger partial charge in [0.05, 0.1) is 24.1 Å². The smallest absolute Gasteiger partial charge is 0.410 e. The molecule has 0 atom stereocenters. The van der Waals surface area contributed by atoms with Crippen molar-refractivity contribution in [2.75, 3.05) is 6.54 Å². The number of hydrogen-bond acceptors (Lipinski definition) is 4. The molecule has 2 heterocycles. The average molecular weight is 403 g/mol. The topological polar surface area (TPSA) is 75.3 Å². The summed E-state index contributed by atoms with van der Waals surface area (Å²) in [6.07, 6.45) is 0.581. The molecule has 1 aliphatic heterocycles. The van der Waals surface area contributed by atoms with Gasteiger partial charge in [0, 0.05) is 0 Å². The molecule has 0 bridgehead atoms. The number of aromatic nitrogens is 2. The van der Waals surface area contributed by atoms with Gasteiger partial charge in [0.2, 0.25) is 0 Å². The van der Waals surface area contributed by atoms with Crippen molar-refractivity contribution in [2.24, 2.45) is 0 Å². The summed E-state index contributed by atoms with van der Waals surface area (Å²) >= 11 is 0. The Bertz CT molecular complexity index is 1010. The molecule has 0 saturated heterocycles. The largest absolute Gasteiger partial charge is 0.444 e. The van der Waals surface area contributed by atoms with Gasteiger partial charge in [-0.05, 0) is 39.2 Å². The van der Waals surface area contributed by atoms with Gasteiger partial charge in [-0.1, -0.05) is 30.3 Å². The number of carbonyl (C=O) groups excluding carboxylic acids is 1. The maximum absolute atomic E-state index is 14.9. The minimum absolute atomic E-state index is 0.195. The van der Waals surface area contributed by atoms with Gasteiger partial charge in [0.1, 0.15) is 17.1 Å². The van der Waals surface area contributed by atoms with Crippen LogP contribution in [0.4, 0.5) is 13.6 Å². The molecule has 4 rings (SSSR count). The van der Waals surface area contributed by atoms with Gasteiger partial charge in [0.25, 0.3) is 5.56 Å². The summed E-state index contributed by atoms with van der Waals surface area (Å²) in [6.45, 7) is 3.82. The number of ether oxygens (including phenoxy) is 1. The average Bonchev–Trinajstić information content (AvgIpc) is 3.43. The van der Waals surface area contributed by atoms with Crippen molar-refractivity contribution in [1.82, 2.24) is 14.9 Å². The van der Waals surface area contributed by atoms with Crippen LogP contribution >= 0.6 is 0 Å². The van der Waals surface area contributed by atoms with E-state index in [0.717, 1.165) is 23.3 Å². The first-order chi connectivity index (χ1) is 13.5. The van der Waals surface area contributed by atoms with Crippen molar-refractivity contribution in [3.05, 3.63) is 63.3 Å². The molecule has 1 saturated carbocycles. The van der Waals surface area contributed by atoms with Crippen LogP contribution in [0.5, 0.6) is 0 Å². The summed E-state index contributed by atoms with van der Waals surface area (Å²) in [4.78, 5) is 32.8. The van der Waals surface area contributed by atoms with E-state index in [0.29, 0.717) is 0 Å². The first kappa shape index (κ1) is 19.5. The van der Waals surface area contributed by atoms with Gasteiger partial charge in [-0.15, -0.1) is 0 Å². The van der Waals surface area contributed by atoms with E-state index < -0.39 is 40.8 Å². The van der Waals surface area contributed by atoms with E-state index in [1.54, 1.807) is 20.8 Å². The fourth-order valence-corrected chi connectivity index (χ4v) is 3.73. The van der Waals surface area contributed by atoms with Crippen LogP contribution in [0.1, 0.15) is 56.3 Å². The second kappa shape index (κ2) is 6.37. The Morgan fingerprint density at radius 2 is 1.86 bits per heavy atom. The monoisotopic (exact) mass is 403 g/mol. The molecule has 29 heavy (non-hydrogen) atoms. The third-order valence-corrected chi connectivity index (χ3v) is 5.28. The predicted molar refractivity (Wildman–Crippen MR) is 102 cm³/mol. The Morgan fingerprint density at radius 3 is 2.45 bits per heavy atom. The number of rotatable bonds is 2. The lowest BCUT2D eigenvalue weighted by molar-refractivity contribution is -0.0631. The number of H-pyrrole nitrogens is 1. The second-order valence-electron chi connectivity index (χ2n) is 8.73. The van der Waals surface area contributed by atoms with Crippen LogP contribution in [0.15, 0.2) is 35.1 Å². The first-order valence-corrected chi connectivity index (χ1v) is 9.57. The SMILES string of the molecule is CC(C)(C)OC(=O)N1Cc2c(nc(C3(c4ccccc4)CC3)[nH]c2=O)C(F)(F)C1. The summed E-state index contributed by atoms with van der Waals surface area (Å²) in [7, 11) is 0. The zero-order valence-corrected chi connectivity index (χ0v) is 16.6. The van der Waals surface area contributed by atoms with E-state index in [1.165, 1.54) is 0 Å². The van der Waals surface area contributed by atoms with Crippen LogP contribution in [-0.2, 0) is 22.6 Å². The second-order valence-corrected chi connectivity index (χ2v) is 8.73. The molecule has 1 aromatic heterocycles. The lowest BCUT2D eigenvalue weighted by atomic mass is 9.94. The molecule has 1 amide bonds. The normalized spacial score (nSPS) is 19.4. The molecular formula is C21H23F2N3O3. The Balaban J connectivity index is 1.72. The van der Waals surface area contributed by atoms with Gasteiger partial charge in [-0.25, -0.2) is 9.78 Å². The minimum atomic E-state index is -3.44. The molecule has 2 aromatic rings. The minimum Gasteiger partial charge on any atom is -0.444 e. The van der Waals surface area contributed by atoms with Gasteiger partial charge in [-0.3, -0.25) is 9.69 Å². The van der Waals surface area contributed by atoms with E-state index in [4.69, 9.17) is 4.74 Å². The lowest BCUT2D eigenvalue weighted by Crippen LogP contribution is -2.48.